The summed E-state index contributed by atoms with van der Waals surface area (Å²) in [4.78, 5) is 0. The molecule has 1 aromatic carbocycles. The highest BCUT2D eigenvalue weighted by Gasteiger charge is 2.16. The molecule has 1 unspecified atom stereocenters. The van der Waals surface area contributed by atoms with Gasteiger partial charge in [0.2, 0.25) is 0 Å². The van der Waals surface area contributed by atoms with E-state index < -0.39 is 0 Å². The predicted octanol–water partition coefficient (Wildman–Crippen LogP) is 4.66. The van der Waals surface area contributed by atoms with Crippen molar-refractivity contribution in [2.75, 3.05) is 0 Å². The molecule has 0 fully saturated rings. The topological polar surface area (TPSA) is 0 Å². The molecule has 0 aliphatic carbocycles. The molecule has 0 saturated heterocycles. The van der Waals surface area contributed by atoms with Crippen LogP contribution in [0.15, 0.2) is 30.9 Å². The summed E-state index contributed by atoms with van der Waals surface area (Å²) in [6.07, 6.45) is 3.11. The monoisotopic (exact) mass is 216 g/mol. The van der Waals surface area contributed by atoms with Crippen molar-refractivity contribution in [3.8, 4) is 0 Å². The van der Waals surface area contributed by atoms with Crippen molar-refractivity contribution in [1.29, 1.82) is 0 Å². The predicted molar refractivity (Wildman–Crippen MR) is 72.9 cm³/mol. The van der Waals surface area contributed by atoms with Gasteiger partial charge >= 0.3 is 0 Å². The minimum Gasteiger partial charge on any atom is -0.103 e. The van der Waals surface area contributed by atoms with Crippen molar-refractivity contribution >= 4 is 0 Å². The third-order valence-corrected chi connectivity index (χ3v) is 3.07. The second-order valence-electron chi connectivity index (χ2n) is 5.82. The lowest BCUT2D eigenvalue weighted by molar-refractivity contribution is 0.584. The summed E-state index contributed by atoms with van der Waals surface area (Å²) < 4.78 is 0. The molecule has 1 atom stereocenters. The number of rotatable bonds is 3. The molecule has 0 amide bonds. The van der Waals surface area contributed by atoms with Gasteiger partial charge in [-0.2, -0.15) is 0 Å². The Kier molecular flexibility index (Phi) is 3.96. The van der Waals surface area contributed by atoms with E-state index in [1.165, 1.54) is 16.7 Å². The third kappa shape index (κ3) is 3.23. The molecule has 0 heteroatoms. The normalized spacial score (nSPS) is 13.6. The van der Waals surface area contributed by atoms with Crippen LogP contribution in [-0.4, -0.2) is 0 Å². The van der Waals surface area contributed by atoms with Crippen LogP contribution in [0.4, 0.5) is 0 Å². The molecule has 1 rings (SSSR count). The molecule has 0 bridgehead atoms. The van der Waals surface area contributed by atoms with Crippen molar-refractivity contribution in [2.45, 2.75) is 46.5 Å². The molecule has 0 spiro atoms. The van der Waals surface area contributed by atoms with Crippen LogP contribution in [0, 0.1) is 12.8 Å². The molecule has 16 heavy (non-hydrogen) atoms. The smallest absolute Gasteiger partial charge is 0.0129 e. The standard InChI is InChI=1S/C16H24/c1-7-12(2)10-14-9-8-13(3)15(11-14)16(4,5)6/h7-9,11-12H,1,10H2,2-6H3. The van der Waals surface area contributed by atoms with Crippen molar-refractivity contribution in [1.82, 2.24) is 0 Å². The van der Waals surface area contributed by atoms with Gasteiger partial charge < -0.3 is 0 Å². The van der Waals surface area contributed by atoms with Crippen LogP contribution in [-0.2, 0) is 11.8 Å². The van der Waals surface area contributed by atoms with Crippen molar-refractivity contribution in [3.05, 3.63) is 47.5 Å². The van der Waals surface area contributed by atoms with Crippen LogP contribution in [0.2, 0.25) is 0 Å². The van der Waals surface area contributed by atoms with Gasteiger partial charge in [0.1, 0.15) is 0 Å². The Hall–Kier alpha value is -1.04. The minimum absolute atomic E-state index is 0.234. The van der Waals surface area contributed by atoms with Crippen molar-refractivity contribution in [2.24, 2.45) is 5.92 Å². The number of hydrogen-bond acceptors (Lipinski definition) is 0. The maximum Gasteiger partial charge on any atom is -0.0129 e. The summed E-state index contributed by atoms with van der Waals surface area (Å²) in [7, 11) is 0. The van der Waals surface area contributed by atoms with Crippen LogP contribution in [0.25, 0.3) is 0 Å². The average molecular weight is 216 g/mol. The lowest BCUT2D eigenvalue weighted by Gasteiger charge is -2.23. The van der Waals surface area contributed by atoms with Gasteiger partial charge in [-0.1, -0.05) is 52.0 Å². The average Bonchev–Trinajstić information content (AvgIpc) is 2.19. The zero-order valence-corrected chi connectivity index (χ0v) is 11.3. The van der Waals surface area contributed by atoms with E-state index in [-0.39, 0.29) is 5.41 Å². The summed E-state index contributed by atoms with van der Waals surface area (Å²) in [6, 6.07) is 6.84. The molecule has 0 aromatic heterocycles. The largest absolute Gasteiger partial charge is 0.103 e. The summed E-state index contributed by atoms with van der Waals surface area (Å²) in [5.41, 5.74) is 4.50. The van der Waals surface area contributed by atoms with Gasteiger partial charge in [-0.3, -0.25) is 0 Å². The van der Waals surface area contributed by atoms with Gasteiger partial charge in [0.05, 0.1) is 0 Å². The molecule has 0 radical (unpaired) electrons. The van der Waals surface area contributed by atoms with E-state index in [1.54, 1.807) is 0 Å². The van der Waals surface area contributed by atoms with Crippen LogP contribution in [0.5, 0.6) is 0 Å². The highest BCUT2D eigenvalue weighted by Crippen LogP contribution is 2.27. The van der Waals surface area contributed by atoms with E-state index in [0.29, 0.717) is 5.92 Å². The zero-order chi connectivity index (χ0) is 12.3. The molecular weight excluding hydrogens is 192 g/mol. The Labute approximate surface area is 100 Å². The van der Waals surface area contributed by atoms with Crippen LogP contribution < -0.4 is 0 Å². The van der Waals surface area contributed by atoms with Gasteiger partial charge in [0.25, 0.3) is 0 Å². The maximum absolute atomic E-state index is 3.85. The Balaban J connectivity index is 3.03. The van der Waals surface area contributed by atoms with Crippen LogP contribution in [0.3, 0.4) is 0 Å². The van der Waals surface area contributed by atoms with E-state index in [4.69, 9.17) is 0 Å². The van der Waals surface area contributed by atoms with Crippen LogP contribution in [0.1, 0.15) is 44.4 Å². The van der Waals surface area contributed by atoms with E-state index >= 15 is 0 Å². The molecule has 0 saturated carbocycles. The fourth-order valence-electron chi connectivity index (χ4n) is 2.06. The molecule has 0 N–H and O–H groups in total. The Morgan fingerprint density at radius 1 is 1.31 bits per heavy atom. The first-order valence-corrected chi connectivity index (χ1v) is 6.07. The lowest BCUT2D eigenvalue weighted by Crippen LogP contribution is -2.13. The lowest BCUT2D eigenvalue weighted by atomic mass is 9.82. The van der Waals surface area contributed by atoms with Gasteiger partial charge in [0.15, 0.2) is 0 Å². The number of benzene rings is 1. The van der Waals surface area contributed by atoms with Crippen LogP contribution >= 0.6 is 0 Å². The quantitative estimate of drug-likeness (QED) is 0.645. The van der Waals surface area contributed by atoms with Crippen molar-refractivity contribution in [3.63, 3.8) is 0 Å². The first kappa shape index (κ1) is 13.0. The van der Waals surface area contributed by atoms with E-state index in [1.807, 2.05) is 6.08 Å². The molecule has 0 aliphatic rings. The summed E-state index contributed by atoms with van der Waals surface area (Å²) in [5, 5.41) is 0. The van der Waals surface area contributed by atoms with Crippen molar-refractivity contribution < 1.29 is 0 Å². The second kappa shape index (κ2) is 4.86. The fraction of sp³-hybridized carbons (Fsp3) is 0.500. The third-order valence-electron chi connectivity index (χ3n) is 3.07. The molecule has 1 aromatic rings. The summed E-state index contributed by atoms with van der Waals surface area (Å²) >= 11 is 0. The minimum atomic E-state index is 0.234. The Morgan fingerprint density at radius 2 is 1.94 bits per heavy atom. The second-order valence-corrected chi connectivity index (χ2v) is 5.82. The number of hydrogen-bond donors (Lipinski definition) is 0. The van der Waals surface area contributed by atoms with E-state index in [9.17, 15) is 0 Å². The summed E-state index contributed by atoms with van der Waals surface area (Å²) in [5.74, 6) is 0.551. The number of allylic oxidation sites excluding steroid dienone is 1. The van der Waals surface area contributed by atoms with E-state index in [2.05, 4.69) is 59.4 Å². The first-order chi connectivity index (χ1) is 7.34. The molecule has 0 nitrogen and oxygen atoms in total. The SMILES string of the molecule is C=CC(C)Cc1ccc(C)c(C(C)(C)C)c1. The fourth-order valence-corrected chi connectivity index (χ4v) is 2.06. The van der Waals surface area contributed by atoms with Gasteiger partial charge in [-0.05, 0) is 41.4 Å². The molecule has 88 valence electrons. The molecule has 0 heterocycles. The highest BCUT2D eigenvalue weighted by molar-refractivity contribution is 5.36. The molecular formula is C16H24. The number of aryl methyl sites for hydroxylation is 1. The summed E-state index contributed by atoms with van der Waals surface area (Å²) in [6.45, 7) is 15.1. The highest BCUT2D eigenvalue weighted by atomic mass is 14.2. The molecule has 0 aliphatic heterocycles. The zero-order valence-electron chi connectivity index (χ0n) is 11.3. The Morgan fingerprint density at radius 3 is 2.44 bits per heavy atom. The van der Waals surface area contributed by atoms with Gasteiger partial charge in [0, 0.05) is 0 Å². The van der Waals surface area contributed by atoms with Gasteiger partial charge in [-0.15, -0.1) is 6.58 Å². The van der Waals surface area contributed by atoms with Gasteiger partial charge in [-0.25, -0.2) is 0 Å². The van der Waals surface area contributed by atoms with E-state index in [0.717, 1.165) is 6.42 Å². The first-order valence-electron chi connectivity index (χ1n) is 6.07. The Bertz CT molecular complexity index is 366. The maximum atomic E-state index is 3.85.